The molecule has 0 aliphatic heterocycles. The summed E-state index contributed by atoms with van der Waals surface area (Å²) in [6.07, 6.45) is 1.85. The quantitative estimate of drug-likeness (QED) is 0.217. The Bertz CT molecular complexity index is 518. The number of carbonyl (C=O) groups is 1. The van der Waals surface area contributed by atoms with Gasteiger partial charge in [-0.3, -0.25) is 0 Å². The van der Waals surface area contributed by atoms with E-state index in [1.807, 2.05) is 6.92 Å². The number of rotatable bonds is 12. The van der Waals surface area contributed by atoms with Crippen molar-refractivity contribution < 1.29 is 21.9 Å². The molecule has 5 nitrogen and oxygen atoms in total. The van der Waals surface area contributed by atoms with Crippen LogP contribution < -0.4 is 0 Å². The summed E-state index contributed by atoms with van der Waals surface area (Å²) in [5.41, 5.74) is 0.185. The zero-order valence-electron chi connectivity index (χ0n) is 19.4. The molecule has 0 spiro atoms. The average Bonchev–Trinajstić information content (AvgIpc) is 2.39. The normalized spacial score (nSPS) is 14.8. The number of esters is 1. The molecule has 0 aromatic rings. The second-order valence-corrected chi connectivity index (χ2v) is 25.2. The summed E-state index contributed by atoms with van der Waals surface area (Å²) in [5.74, 6) is -0.350. The predicted molar refractivity (Wildman–Crippen MR) is 123 cm³/mol. The van der Waals surface area contributed by atoms with Crippen molar-refractivity contribution in [1.82, 2.24) is 0 Å². The summed E-state index contributed by atoms with van der Waals surface area (Å²) in [7, 11) is -8.80. The first-order chi connectivity index (χ1) is 12.0. The Labute approximate surface area is 171 Å². The first-order valence-corrected chi connectivity index (χ1v) is 21.7. The van der Waals surface area contributed by atoms with Crippen LogP contribution in [0.5, 0.6) is 0 Å². The van der Waals surface area contributed by atoms with Gasteiger partial charge < -0.3 is 17.1 Å². The van der Waals surface area contributed by atoms with Crippen LogP contribution in [-0.4, -0.2) is 45.5 Å². The van der Waals surface area contributed by atoms with Gasteiger partial charge in [0.25, 0.3) is 0 Å². The van der Waals surface area contributed by atoms with Crippen LogP contribution in [0.2, 0.25) is 58.4 Å². The molecule has 0 heterocycles. The Hall–Kier alpha value is -0.0425. The summed E-state index contributed by atoms with van der Waals surface area (Å²) in [6, 6.07) is 1.13. The minimum absolute atomic E-state index is 0.228. The fourth-order valence-corrected chi connectivity index (χ4v) is 23.3. The SMILES string of the molecule is C=C(C)C(=O)OC(CC)[Si](C)(C)O[Si](C)(C)O[Si](C)(C)O[Si](C)(C)CCC. The van der Waals surface area contributed by atoms with Gasteiger partial charge in [-0.1, -0.05) is 26.8 Å². The lowest BCUT2D eigenvalue weighted by molar-refractivity contribution is -0.141. The molecule has 27 heavy (non-hydrogen) atoms. The molecule has 0 bridgehead atoms. The topological polar surface area (TPSA) is 54.0 Å². The molecule has 160 valence electrons. The van der Waals surface area contributed by atoms with E-state index in [1.54, 1.807) is 6.92 Å². The molecule has 1 atom stereocenters. The molecule has 0 amide bonds. The number of carbonyl (C=O) groups excluding carboxylic acids is 1. The third-order valence-corrected chi connectivity index (χ3v) is 20.1. The first kappa shape index (κ1) is 27.0. The summed E-state index contributed by atoms with van der Waals surface area (Å²) >= 11 is 0. The standard InChI is InChI=1S/C18H42O5Si4/c1-13-15-24(5,6)21-26(9,10)23-27(11,12)22-25(7,8)17(14-2)20-18(19)16(3)4/h17H,3,13-15H2,1-2,4-12H3. The van der Waals surface area contributed by atoms with Crippen molar-refractivity contribution in [3.63, 3.8) is 0 Å². The molecule has 0 rings (SSSR count). The fourth-order valence-electron chi connectivity index (χ4n) is 3.60. The fraction of sp³-hybridized carbons (Fsp3) is 0.833. The van der Waals surface area contributed by atoms with Gasteiger partial charge in [0.2, 0.25) is 8.32 Å². The minimum Gasteiger partial charge on any atom is -0.460 e. The van der Waals surface area contributed by atoms with Gasteiger partial charge in [-0.2, -0.15) is 0 Å². The number of ether oxygens (including phenoxy) is 1. The van der Waals surface area contributed by atoms with Gasteiger partial charge in [0.05, 0.1) is 0 Å². The number of hydrogen-bond donors (Lipinski definition) is 0. The van der Waals surface area contributed by atoms with Crippen LogP contribution >= 0.6 is 0 Å². The molecule has 0 radical (unpaired) electrons. The van der Waals surface area contributed by atoms with E-state index in [2.05, 4.69) is 65.9 Å². The lowest BCUT2D eigenvalue weighted by Gasteiger charge is -2.42. The third-order valence-electron chi connectivity index (χ3n) is 4.12. The molecule has 0 aromatic carbocycles. The Morgan fingerprint density at radius 2 is 1.37 bits per heavy atom. The molecular weight excluding hydrogens is 409 g/mol. The van der Waals surface area contributed by atoms with Crippen LogP contribution in [0, 0.1) is 0 Å². The van der Waals surface area contributed by atoms with E-state index in [1.165, 1.54) is 0 Å². The van der Waals surface area contributed by atoms with E-state index in [0.29, 0.717) is 5.57 Å². The van der Waals surface area contributed by atoms with Crippen molar-refractivity contribution in [1.29, 1.82) is 0 Å². The molecule has 0 N–H and O–H groups in total. The van der Waals surface area contributed by atoms with Gasteiger partial charge in [-0.25, -0.2) is 4.79 Å². The Balaban J connectivity index is 5.18. The maximum atomic E-state index is 12.0. The molecule has 0 aliphatic carbocycles. The van der Waals surface area contributed by atoms with Crippen molar-refractivity contribution in [3.8, 4) is 0 Å². The van der Waals surface area contributed by atoms with E-state index < -0.39 is 33.8 Å². The third kappa shape index (κ3) is 10.3. The van der Waals surface area contributed by atoms with E-state index in [9.17, 15) is 4.79 Å². The lowest BCUT2D eigenvalue weighted by Crippen LogP contribution is -2.59. The molecule has 0 aliphatic rings. The highest BCUT2D eigenvalue weighted by atomic mass is 28.5. The first-order valence-electron chi connectivity index (χ1n) is 9.94. The Morgan fingerprint density at radius 3 is 1.78 bits per heavy atom. The molecule has 0 saturated carbocycles. The monoisotopic (exact) mass is 450 g/mol. The van der Waals surface area contributed by atoms with E-state index >= 15 is 0 Å². The van der Waals surface area contributed by atoms with Gasteiger partial charge in [0.1, 0.15) is 5.73 Å². The van der Waals surface area contributed by atoms with E-state index in [0.717, 1.165) is 18.9 Å². The van der Waals surface area contributed by atoms with Crippen molar-refractivity contribution in [2.45, 2.75) is 97.8 Å². The highest BCUT2D eigenvalue weighted by Crippen LogP contribution is 2.28. The largest absolute Gasteiger partial charge is 0.460 e. The van der Waals surface area contributed by atoms with Crippen molar-refractivity contribution in [3.05, 3.63) is 12.2 Å². The van der Waals surface area contributed by atoms with Crippen LogP contribution in [0.3, 0.4) is 0 Å². The van der Waals surface area contributed by atoms with Gasteiger partial charge in [-0.15, -0.1) is 0 Å². The predicted octanol–water partition coefficient (Wildman–Crippen LogP) is 5.70. The van der Waals surface area contributed by atoms with Crippen molar-refractivity contribution >= 4 is 39.7 Å². The molecule has 0 saturated heterocycles. The summed E-state index contributed by atoms with van der Waals surface area (Å²) in [5, 5.41) is 0. The van der Waals surface area contributed by atoms with Crippen molar-refractivity contribution in [2.75, 3.05) is 0 Å². The van der Waals surface area contributed by atoms with Crippen LogP contribution in [-0.2, 0) is 21.9 Å². The second kappa shape index (κ2) is 10.1. The lowest BCUT2D eigenvalue weighted by atomic mass is 10.4. The van der Waals surface area contributed by atoms with Crippen molar-refractivity contribution in [2.24, 2.45) is 0 Å². The Morgan fingerprint density at radius 1 is 0.889 bits per heavy atom. The zero-order chi connectivity index (χ0) is 21.7. The maximum absolute atomic E-state index is 12.0. The molecule has 0 fully saturated rings. The smallest absolute Gasteiger partial charge is 0.333 e. The highest BCUT2D eigenvalue weighted by molar-refractivity contribution is 6.89. The van der Waals surface area contributed by atoms with Gasteiger partial charge in [0.15, 0.2) is 8.32 Å². The number of hydrogen-bond acceptors (Lipinski definition) is 5. The van der Waals surface area contributed by atoms with Crippen LogP contribution in [0.4, 0.5) is 0 Å². The zero-order valence-corrected chi connectivity index (χ0v) is 23.4. The highest BCUT2D eigenvalue weighted by Gasteiger charge is 2.46. The molecule has 1 unspecified atom stereocenters. The second-order valence-electron chi connectivity index (χ2n) is 9.30. The van der Waals surface area contributed by atoms with Crippen LogP contribution in [0.1, 0.15) is 33.6 Å². The van der Waals surface area contributed by atoms with Gasteiger partial charge >= 0.3 is 23.1 Å². The summed E-state index contributed by atoms with van der Waals surface area (Å²) in [6.45, 7) is 26.6. The van der Waals surface area contributed by atoms with E-state index in [4.69, 9.17) is 17.1 Å². The van der Waals surface area contributed by atoms with Crippen LogP contribution in [0.25, 0.3) is 0 Å². The Kier molecular flexibility index (Phi) is 10.1. The molecule has 0 aromatic heterocycles. The maximum Gasteiger partial charge on any atom is 0.333 e. The average molecular weight is 451 g/mol. The molecular formula is C18H42O5Si4. The minimum atomic E-state index is -2.45. The van der Waals surface area contributed by atoms with Gasteiger partial charge in [-0.05, 0) is 71.8 Å². The van der Waals surface area contributed by atoms with E-state index in [-0.39, 0.29) is 11.7 Å². The van der Waals surface area contributed by atoms with Crippen LogP contribution in [0.15, 0.2) is 12.2 Å². The van der Waals surface area contributed by atoms with Gasteiger partial charge in [0, 0.05) is 5.57 Å². The summed E-state index contributed by atoms with van der Waals surface area (Å²) < 4.78 is 25.3. The summed E-state index contributed by atoms with van der Waals surface area (Å²) in [4.78, 5) is 12.0. The molecule has 9 heteroatoms.